The molecule has 2 unspecified atom stereocenters. The van der Waals surface area contributed by atoms with Crippen LogP contribution in [0.4, 0.5) is 0 Å². The van der Waals surface area contributed by atoms with Crippen LogP contribution in [0.3, 0.4) is 0 Å². The minimum Gasteiger partial charge on any atom is -0.386 e. The third-order valence-electron chi connectivity index (χ3n) is 7.13. The van der Waals surface area contributed by atoms with Crippen LogP contribution in [-0.4, -0.2) is 30.0 Å². The Balaban J connectivity index is 1.52. The van der Waals surface area contributed by atoms with Crippen LogP contribution in [0.5, 0.6) is 0 Å². The molecule has 1 saturated heterocycles. The lowest BCUT2D eigenvalue weighted by Crippen LogP contribution is -2.53. The van der Waals surface area contributed by atoms with Gasteiger partial charge in [0.15, 0.2) is 0 Å². The first-order chi connectivity index (χ1) is 16.9. The van der Waals surface area contributed by atoms with Gasteiger partial charge in [-0.1, -0.05) is 96.5 Å². The summed E-state index contributed by atoms with van der Waals surface area (Å²) in [6.45, 7) is 7.88. The Bertz CT molecular complexity index is 1060. The summed E-state index contributed by atoms with van der Waals surface area (Å²) in [5, 5.41) is 11.5. The van der Waals surface area contributed by atoms with Crippen molar-refractivity contribution in [3.63, 3.8) is 0 Å². The van der Waals surface area contributed by atoms with E-state index in [0.29, 0.717) is 19.8 Å². The number of aliphatic hydroxyl groups excluding tert-OH is 1. The minimum absolute atomic E-state index is 0.138. The molecule has 0 spiro atoms. The molecule has 5 heteroatoms. The molecule has 0 aromatic heterocycles. The number of ether oxygens (including phenoxy) is 3. The predicted molar refractivity (Wildman–Crippen MR) is 142 cm³/mol. The van der Waals surface area contributed by atoms with Crippen molar-refractivity contribution in [3.05, 3.63) is 106 Å². The zero-order valence-electron chi connectivity index (χ0n) is 20.6. The van der Waals surface area contributed by atoms with Crippen molar-refractivity contribution in [1.82, 2.24) is 0 Å². The highest BCUT2D eigenvalue weighted by Gasteiger charge is 2.45. The van der Waals surface area contributed by atoms with Gasteiger partial charge in [0.1, 0.15) is 12.2 Å². The van der Waals surface area contributed by atoms with Gasteiger partial charge < -0.3 is 19.3 Å². The monoisotopic (exact) mass is 538 g/mol. The molecule has 1 fully saturated rings. The SMILES string of the molecule is Cc1cc(Br)ccc1[C@@H](O)[C@H]1OC(COCc2ccccc2)[C@@H](C)[C@H](C)C1OCc1ccccc1. The fourth-order valence-electron chi connectivity index (χ4n) is 4.81. The quantitative estimate of drug-likeness (QED) is 0.332. The number of aryl methyl sites for hydroxylation is 1. The highest BCUT2D eigenvalue weighted by Crippen LogP contribution is 2.39. The van der Waals surface area contributed by atoms with E-state index in [2.05, 4.69) is 54.0 Å². The highest BCUT2D eigenvalue weighted by molar-refractivity contribution is 9.10. The predicted octanol–water partition coefficient (Wildman–Crippen LogP) is 6.63. The Labute approximate surface area is 217 Å². The number of benzene rings is 3. The fourth-order valence-corrected chi connectivity index (χ4v) is 5.29. The van der Waals surface area contributed by atoms with Gasteiger partial charge in [0.25, 0.3) is 0 Å². The zero-order valence-corrected chi connectivity index (χ0v) is 22.2. The van der Waals surface area contributed by atoms with E-state index in [1.807, 2.05) is 61.5 Å². The number of hydrogen-bond acceptors (Lipinski definition) is 4. The second-order valence-corrected chi connectivity index (χ2v) is 10.5. The number of rotatable bonds is 9. The van der Waals surface area contributed by atoms with Crippen LogP contribution in [0.1, 0.15) is 42.2 Å². The second kappa shape index (κ2) is 12.3. The molecular weight excluding hydrogens is 504 g/mol. The van der Waals surface area contributed by atoms with Crippen molar-refractivity contribution in [1.29, 1.82) is 0 Å². The average molecular weight is 540 g/mol. The molecule has 4 rings (SSSR count). The van der Waals surface area contributed by atoms with Crippen LogP contribution < -0.4 is 0 Å². The molecule has 0 saturated carbocycles. The molecule has 4 nitrogen and oxygen atoms in total. The molecular formula is C30H35BrO4. The summed E-state index contributed by atoms with van der Waals surface area (Å²) < 4.78 is 20.1. The Morgan fingerprint density at radius 1 is 0.886 bits per heavy atom. The molecule has 186 valence electrons. The first kappa shape index (κ1) is 26.1. The van der Waals surface area contributed by atoms with E-state index in [4.69, 9.17) is 14.2 Å². The summed E-state index contributed by atoms with van der Waals surface area (Å²) in [5.41, 5.74) is 4.11. The fraction of sp³-hybridized carbons (Fsp3) is 0.400. The van der Waals surface area contributed by atoms with Crippen LogP contribution in [0.2, 0.25) is 0 Å². The van der Waals surface area contributed by atoms with Crippen LogP contribution in [-0.2, 0) is 27.4 Å². The van der Waals surface area contributed by atoms with Crippen molar-refractivity contribution < 1.29 is 19.3 Å². The molecule has 6 atom stereocenters. The van der Waals surface area contributed by atoms with E-state index < -0.39 is 12.2 Å². The number of hydrogen-bond donors (Lipinski definition) is 1. The third-order valence-corrected chi connectivity index (χ3v) is 7.62. The van der Waals surface area contributed by atoms with Crippen LogP contribution in [0.15, 0.2) is 83.3 Å². The largest absolute Gasteiger partial charge is 0.386 e. The Kier molecular flexibility index (Phi) is 9.15. The van der Waals surface area contributed by atoms with Gasteiger partial charge in [0.05, 0.1) is 32.0 Å². The maximum atomic E-state index is 11.5. The van der Waals surface area contributed by atoms with E-state index >= 15 is 0 Å². The van der Waals surface area contributed by atoms with Crippen LogP contribution >= 0.6 is 15.9 Å². The van der Waals surface area contributed by atoms with Gasteiger partial charge in [-0.2, -0.15) is 0 Å². The molecule has 3 aromatic carbocycles. The molecule has 3 aromatic rings. The molecule has 0 amide bonds. The molecule has 1 N–H and O–H groups in total. The lowest BCUT2D eigenvalue weighted by atomic mass is 9.79. The van der Waals surface area contributed by atoms with E-state index in [0.717, 1.165) is 26.7 Å². The molecule has 0 radical (unpaired) electrons. The topological polar surface area (TPSA) is 47.9 Å². The Morgan fingerprint density at radius 2 is 1.51 bits per heavy atom. The van der Waals surface area contributed by atoms with E-state index in [1.165, 1.54) is 0 Å². The summed E-state index contributed by atoms with van der Waals surface area (Å²) in [7, 11) is 0. The van der Waals surface area contributed by atoms with E-state index in [9.17, 15) is 5.11 Å². The van der Waals surface area contributed by atoms with Crippen LogP contribution in [0, 0.1) is 18.8 Å². The first-order valence-electron chi connectivity index (χ1n) is 12.3. The average Bonchev–Trinajstić information content (AvgIpc) is 2.87. The molecule has 1 aliphatic heterocycles. The van der Waals surface area contributed by atoms with Crippen LogP contribution in [0.25, 0.3) is 0 Å². The van der Waals surface area contributed by atoms with Crippen molar-refractivity contribution in [3.8, 4) is 0 Å². The van der Waals surface area contributed by atoms with Gasteiger partial charge in [-0.15, -0.1) is 0 Å². The molecule has 0 aliphatic carbocycles. The van der Waals surface area contributed by atoms with Gasteiger partial charge in [-0.3, -0.25) is 0 Å². The summed E-state index contributed by atoms with van der Waals surface area (Å²) in [5.74, 6) is 0.384. The second-order valence-electron chi connectivity index (χ2n) is 9.57. The maximum absolute atomic E-state index is 11.5. The summed E-state index contributed by atoms with van der Waals surface area (Å²) in [6.07, 6.45) is -1.71. The molecule has 35 heavy (non-hydrogen) atoms. The number of halogens is 1. The van der Waals surface area contributed by atoms with Crippen molar-refractivity contribution in [2.24, 2.45) is 11.8 Å². The maximum Gasteiger partial charge on any atom is 0.114 e. The lowest BCUT2D eigenvalue weighted by molar-refractivity contribution is -0.230. The standard InChI is InChI=1S/C30H35BrO4/c1-20-16-25(31)14-15-26(20)28(32)30-29(34-18-24-12-8-5-9-13-24)22(3)21(2)27(35-30)19-33-17-23-10-6-4-7-11-23/h4-16,21-22,27-30,32H,17-19H2,1-3H3/t21-,22-,27?,28+,29?,30+/m0/s1. The Morgan fingerprint density at radius 3 is 2.14 bits per heavy atom. The summed E-state index contributed by atoms with van der Waals surface area (Å²) in [6, 6.07) is 26.2. The van der Waals surface area contributed by atoms with Gasteiger partial charge in [0, 0.05) is 4.47 Å². The van der Waals surface area contributed by atoms with E-state index in [1.54, 1.807) is 0 Å². The van der Waals surface area contributed by atoms with Gasteiger partial charge >= 0.3 is 0 Å². The van der Waals surface area contributed by atoms with Gasteiger partial charge in [-0.25, -0.2) is 0 Å². The molecule has 1 aliphatic rings. The van der Waals surface area contributed by atoms with Crippen molar-refractivity contribution in [2.75, 3.05) is 6.61 Å². The number of aliphatic hydroxyl groups is 1. The van der Waals surface area contributed by atoms with Crippen molar-refractivity contribution in [2.45, 2.75) is 58.4 Å². The lowest BCUT2D eigenvalue weighted by Gasteiger charge is -2.46. The highest BCUT2D eigenvalue weighted by atomic mass is 79.9. The zero-order chi connectivity index (χ0) is 24.8. The first-order valence-corrected chi connectivity index (χ1v) is 13.1. The Hall–Kier alpha value is -2.02. The normalized spacial score (nSPS) is 25.3. The van der Waals surface area contributed by atoms with E-state index in [-0.39, 0.29) is 24.0 Å². The summed E-state index contributed by atoms with van der Waals surface area (Å²) >= 11 is 3.52. The van der Waals surface area contributed by atoms with Gasteiger partial charge in [0.2, 0.25) is 0 Å². The summed E-state index contributed by atoms with van der Waals surface area (Å²) in [4.78, 5) is 0. The smallest absolute Gasteiger partial charge is 0.114 e. The van der Waals surface area contributed by atoms with Crippen molar-refractivity contribution >= 4 is 15.9 Å². The third kappa shape index (κ3) is 6.60. The minimum atomic E-state index is -0.810. The van der Waals surface area contributed by atoms with Gasteiger partial charge in [-0.05, 0) is 53.1 Å². The molecule has 1 heterocycles. The molecule has 0 bridgehead atoms.